The molecule has 1 heterocycles. The molecule has 0 fully saturated rings. The number of nitrogens with one attached hydrogen (secondary N) is 2. The molecule has 2 aromatic carbocycles. The minimum atomic E-state index is -0.423. The van der Waals surface area contributed by atoms with Gasteiger partial charge in [-0.1, -0.05) is 35.9 Å². The summed E-state index contributed by atoms with van der Waals surface area (Å²) in [6.45, 7) is 6.19. The smallest absolute Gasteiger partial charge is 0.269 e. The second kappa shape index (κ2) is 9.05. The molecule has 0 saturated carbocycles. The number of rotatable bonds is 6. The van der Waals surface area contributed by atoms with Gasteiger partial charge in [0.15, 0.2) is 0 Å². The van der Waals surface area contributed by atoms with Gasteiger partial charge in [0.25, 0.3) is 11.8 Å². The number of aryl methyl sites for hydroxylation is 3. The van der Waals surface area contributed by atoms with Gasteiger partial charge in [0.05, 0.1) is 5.69 Å². The molecular formula is C22H24N4O3. The van der Waals surface area contributed by atoms with Crippen LogP contribution >= 0.6 is 0 Å². The van der Waals surface area contributed by atoms with Crippen LogP contribution in [0.5, 0.6) is 5.75 Å². The topological polar surface area (TPSA) is 85.3 Å². The second-order valence-corrected chi connectivity index (χ2v) is 6.89. The molecular weight excluding hydrogens is 368 g/mol. The molecule has 0 atom stereocenters. The minimum Gasteiger partial charge on any atom is -0.489 e. The normalized spacial score (nSPS) is 10.4. The van der Waals surface area contributed by atoms with Crippen LogP contribution in [0.4, 0.5) is 0 Å². The number of hydrogen-bond acceptors (Lipinski definition) is 4. The zero-order valence-corrected chi connectivity index (χ0v) is 16.7. The Kier molecular flexibility index (Phi) is 6.29. The highest BCUT2D eigenvalue weighted by Crippen LogP contribution is 2.15. The summed E-state index contributed by atoms with van der Waals surface area (Å²) < 4.78 is 7.36. The summed E-state index contributed by atoms with van der Waals surface area (Å²) in [6, 6.07) is 16.7. The van der Waals surface area contributed by atoms with Gasteiger partial charge in [-0.05, 0) is 50.6 Å². The quantitative estimate of drug-likeness (QED) is 0.632. The van der Waals surface area contributed by atoms with Gasteiger partial charge in [-0.2, -0.15) is 5.10 Å². The van der Waals surface area contributed by atoms with Crippen molar-refractivity contribution in [2.24, 2.45) is 0 Å². The van der Waals surface area contributed by atoms with Gasteiger partial charge in [0, 0.05) is 11.3 Å². The number of benzene rings is 2. The number of ether oxygens (including phenoxy) is 1. The third kappa shape index (κ3) is 5.68. The van der Waals surface area contributed by atoms with Crippen molar-refractivity contribution in [3.63, 3.8) is 0 Å². The number of amides is 2. The molecule has 0 saturated heterocycles. The van der Waals surface area contributed by atoms with Gasteiger partial charge >= 0.3 is 0 Å². The van der Waals surface area contributed by atoms with E-state index in [1.165, 1.54) is 0 Å². The van der Waals surface area contributed by atoms with Crippen LogP contribution in [0, 0.1) is 20.8 Å². The molecule has 2 N–H and O–H groups in total. The van der Waals surface area contributed by atoms with E-state index in [2.05, 4.69) is 22.0 Å². The maximum Gasteiger partial charge on any atom is 0.269 e. The van der Waals surface area contributed by atoms with E-state index in [9.17, 15) is 9.59 Å². The lowest BCUT2D eigenvalue weighted by atomic mass is 10.1. The molecule has 3 rings (SSSR count). The lowest BCUT2D eigenvalue weighted by Gasteiger charge is -2.10. The summed E-state index contributed by atoms with van der Waals surface area (Å²) in [6.07, 6.45) is 0. The highest BCUT2D eigenvalue weighted by Gasteiger charge is 2.10. The van der Waals surface area contributed by atoms with E-state index in [-0.39, 0.29) is 12.5 Å². The molecule has 0 aliphatic rings. The van der Waals surface area contributed by atoms with E-state index in [0.29, 0.717) is 17.9 Å². The number of carbonyl (C=O) groups is 2. The van der Waals surface area contributed by atoms with E-state index >= 15 is 0 Å². The molecule has 2 amide bonds. The average molecular weight is 392 g/mol. The van der Waals surface area contributed by atoms with Gasteiger partial charge in [0.2, 0.25) is 0 Å². The van der Waals surface area contributed by atoms with Crippen molar-refractivity contribution in [1.29, 1.82) is 0 Å². The predicted molar refractivity (Wildman–Crippen MR) is 109 cm³/mol. The predicted octanol–water partition coefficient (Wildman–Crippen LogP) is 2.85. The fourth-order valence-corrected chi connectivity index (χ4v) is 2.90. The van der Waals surface area contributed by atoms with Crippen molar-refractivity contribution < 1.29 is 14.3 Å². The van der Waals surface area contributed by atoms with Crippen LogP contribution in [-0.4, -0.2) is 21.6 Å². The van der Waals surface area contributed by atoms with E-state index in [1.54, 1.807) is 28.9 Å². The van der Waals surface area contributed by atoms with Crippen molar-refractivity contribution in [1.82, 2.24) is 20.6 Å². The first kappa shape index (κ1) is 20.1. The van der Waals surface area contributed by atoms with Crippen molar-refractivity contribution in [3.05, 3.63) is 82.7 Å². The maximum absolute atomic E-state index is 12.3. The minimum absolute atomic E-state index is 0.0274. The molecule has 0 aliphatic carbocycles. The Morgan fingerprint density at radius 2 is 1.79 bits per heavy atom. The molecule has 7 nitrogen and oxygen atoms in total. The largest absolute Gasteiger partial charge is 0.489 e. The van der Waals surface area contributed by atoms with Crippen molar-refractivity contribution in [2.75, 3.05) is 0 Å². The number of hydrazine groups is 1. The number of nitrogens with zero attached hydrogens (tertiary/aromatic N) is 2. The summed E-state index contributed by atoms with van der Waals surface area (Å²) in [4.78, 5) is 24.4. The van der Waals surface area contributed by atoms with Crippen molar-refractivity contribution >= 4 is 11.8 Å². The highest BCUT2D eigenvalue weighted by molar-refractivity contribution is 5.95. The average Bonchev–Trinajstić information content (AvgIpc) is 3.01. The molecule has 0 unspecified atom stereocenters. The zero-order chi connectivity index (χ0) is 20.8. The summed E-state index contributed by atoms with van der Waals surface area (Å²) >= 11 is 0. The fraction of sp³-hybridized carbons (Fsp3) is 0.227. The monoisotopic (exact) mass is 392 g/mol. The van der Waals surface area contributed by atoms with Crippen LogP contribution in [0.1, 0.15) is 32.9 Å². The van der Waals surface area contributed by atoms with Crippen molar-refractivity contribution in [2.45, 2.75) is 33.9 Å². The van der Waals surface area contributed by atoms with E-state index in [4.69, 9.17) is 4.74 Å². The van der Waals surface area contributed by atoms with Gasteiger partial charge in [0.1, 0.15) is 18.9 Å². The fourth-order valence-electron chi connectivity index (χ4n) is 2.90. The first-order chi connectivity index (χ1) is 13.9. The Morgan fingerprint density at radius 3 is 2.52 bits per heavy atom. The van der Waals surface area contributed by atoms with Crippen LogP contribution in [0.3, 0.4) is 0 Å². The molecule has 0 spiro atoms. The third-order valence-electron chi connectivity index (χ3n) is 4.30. The second-order valence-electron chi connectivity index (χ2n) is 6.89. The molecule has 0 bridgehead atoms. The van der Waals surface area contributed by atoms with E-state index in [1.807, 2.05) is 45.0 Å². The Labute approximate surface area is 169 Å². The maximum atomic E-state index is 12.3. The molecule has 0 aliphatic heterocycles. The van der Waals surface area contributed by atoms with Crippen LogP contribution in [0.25, 0.3) is 0 Å². The standard InChI is InChI=1S/C22H24N4O3/c1-15-6-4-7-18(10-15)14-29-20-9-5-8-19(12-20)22(28)24-23-21(27)13-26-17(3)11-16(2)25-26/h4-12H,13-14H2,1-3H3,(H,23,27)(H,24,28). The molecule has 3 aromatic rings. The molecule has 7 heteroatoms. The zero-order valence-electron chi connectivity index (χ0n) is 16.7. The Hall–Kier alpha value is -3.61. The number of hydrogen-bond donors (Lipinski definition) is 2. The Bertz CT molecular complexity index is 1030. The first-order valence-electron chi connectivity index (χ1n) is 9.29. The van der Waals surface area contributed by atoms with Gasteiger partial charge < -0.3 is 4.74 Å². The van der Waals surface area contributed by atoms with Gasteiger partial charge in [-0.15, -0.1) is 0 Å². The Balaban J connectivity index is 1.53. The summed E-state index contributed by atoms with van der Waals surface area (Å²) in [5.41, 5.74) is 9.14. The van der Waals surface area contributed by atoms with Crippen LogP contribution in [0.2, 0.25) is 0 Å². The van der Waals surface area contributed by atoms with Crippen LogP contribution in [-0.2, 0) is 17.9 Å². The van der Waals surface area contributed by atoms with Crippen LogP contribution in [0.15, 0.2) is 54.6 Å². The lowest BCUT2D eigenvalue weighted by molar-refractivity contribution is -0.122. The molecule has 150 valence electrons. The van der Waals surface area contributed by atoms with Gasteiger partial charge in [-0.25, -0.2) is 0 Å². The Morgan fingerprint density at radius 1 is 1.00 bits per heavy atom. The van der Waals surface area contributed by atoms with E-state index < -0.39 is 5.91 Å². The number of aromatic nitrogens is 2. The number of carbonyl (C=O) groups excluding carboxylic acids is 2. The summed E-state index contributed by atoms with van der Waals surface area (Å²) in [5.74, 6) is -0.211. The molecule has 1 aromatic heterocycles. The lowest BCUT2D eigenvalue weighted by Crippen LogP contribution is -2.43. The highest BCUT2D eigenvalue weighted by atomic mass is 16.5. The SMILES string of the molecule is Cc1cccc(COc2cccc(C(=O)NNC(=O)Cn3nc(C)cc3C)c2)c1. The van der Waals surface area contributed by atoms with Crippen molar-refractivity contribution in [3.8, 4) is 5.75 Å². The first-order valence-corrected chi connectivity index (χ1v) is 9.29. The van der Waals surface area contributed by atoms with E-state index in [0.717, 1.165) is 22.5 Å². The van der Waals surface area contributed by atoms with Gasteiger partial charge in [-0.3, -0.25) is 25.1 Å². The summed E-state index contributed by atoms with van der Waals surface area (Å²) in [5, 5.41) is 4.22. The van der Waals surface area contributed by atoms with Crippen LogP contribution < -0.4 is 15.6 Å². The summed E-state index contributed by atoms with van der Waals surface area (Å²) in [7, 11) is 0. The molecule has 29 heavy (non-hydrogen) atoms. The molecule has 0 radical (unpaired) electrons. The third-order valence-corrected chi connectivity index (χ3v) is 4.30.